The number of aryl methyl sites for hydroxylation is 1. The average molecular weight is 517 g/mol. The fourth-order valence-electron chi connectivity index (χ4n) is 2.79. The quantitative estimate of drug-likeness (QED) is 0.327. The summed E-state index contributed by atoms with van der Waals surface area (Å²) in [7, 11) is 7.05. The first-order valence-electron chi connectivity index (χ1n) is 9.35. The summed E-state index contributed by atoms with van der Waals surface area (Å²) in [5.74, 6) is 3.86. The van der Waals surface area contributed by atoms with Crippen molar-refractivity contribution < 1.29 is 14.0 Å². The van der Waals surface area contributed by atoms with E-state index in [9.17, 15) is 0 Å². The molecule has 1 aromatic carbocycles. The topological polar surface area (TPSA) is 85.0 Å². The summed E-state index contributed by atoms with van der Waals surface area (Å²) in [4.78, 5) is 10.8. The molecule has 0 bridgehead atoms. The Morgan fingerprint density at radius 2 is 1.90 bits per heavy atom. The number of nitrogens with one attached hydrogen (secondary N) is 1. The molecule has 0 radical (unpaired) electrons. The Kier molecular flexibility index (Phi) is 10.2. The zero-order chi connectivity index (χ0) is 20.7. The molecule has 0 atom stereocenters. The zero-order valence-electron chi connectivity index (χ0n) is 18.3. The SMILES string of the molecule is CN=C(NCCc1nc(C(C)C)no1)N(C)Cc1cc(OC)c(OC)cc1C.I. The second kappa shape index (κ2) is 11.8. The monoisotopic (exact) mass is 517 g/mol. The molecule has 29 heavy (non-hydrogen) atoms. The van der Waals surface area contributed by atoms with Gasteiger partial charge >= 0.3 is 0 Å². The van der Waals surface area contributed by atoms with Crippen molar-refractivity contribution in [1.29, 1.82) is 0 Å². The number of aliphatic imine (C=N–C) groups is 1. The van der Waals surface area contributed by atoms with Gasteiger partial charge in [0.05, 0.1) is 14.2 Å². The van der Waals surface area contributed by atoms with Crippen LogP contribution in [0.5, 0.6) is 11.5 Å². The second-order valence-electron chi connectivity index (χ2n) is 6.91. The summed E-state index contributed by atoms with van der Waals surface area (Å²) in [6, 6.07) is 3.99. The molecule has 1 heterocycles. The number of halogens is 1. The van der Waals surface area contributed by atoms with E-state index in [-0.39, 0.29) is 29.9 Å². The lowest BCUT2D eigenvalue weighted by atomic mass is 10.1. The third-order valence-corrected chi connectivity index (χ3v) is 4.45. The summed E-state index contributed by atoms with van der Waals surface area (Å²) in [6.45, 7) is 7.48. The molecule has 2 aromatic rings. The highest BCUT2D eigenvalue weighted by molar-refractivity contribution is 14.0. The molecule has 1 N–H and O–H groups in total. The lowest BCUT2D eigenvalue weighted by molar-refractivity contribution is 0.353. The highest BCUT2D eigenvalue weighted by Gasteiger charge is 2.13. The van der Waals surface area contributed by atoms with Crippen LogP contribution in [0.25, 0.3) is 0 Å². The van der Waals surface area contributed by atoms with Crippen LogP contribution in [0.1, 0.15) is 42.6 Å². The molecule has 0 saturated heterocycles. The maximum absolute atomic E-state index is 5.42. The fourth-order valence-corrected chi connectivity index (χ4v) is 2.79. The van der Waals surface area contributed by atoms with Crippen LogP contribution in [0.3, 0.4) is 0 Å². The zero-order valence-corrected chi connectivity index (χ0v) is 20.6. The Bertz CT molecular complexity index is 807. The van der Waals surface area contributed by atoms with Gasteiger partial charge in [-0.2, -0.15) is 4.98 Å². The molecule has 1 aromatic heterocycles. The minimum Gasteiger partial charge on any atom is -0.493 e. The molecule has 0 spiro atoms. The Morgan fingerprint density at radius 1 is 1.24 bits per heavy atom. The molecule has 0 amide bonds. The molecule has 2 rings (SSSR count). The van der Waals surface area contributed by atoms with Gasteiger partial charge in [-0.1, -0.05) is 19.0 Å². The predicted molar refractivity (Wildman–Crippen MR) is 125 cm³/mol. The number of guanidine groups is 1. The number of nitrogens with zero attached hydrogens (tertiary/aromatic N) is 4. The van der Waals surface area contributed by atoms with E-state index in [1.165, 1.54) is 0 Å². The van der Waals surface area contributed by atoms with Gasteiger partial charge in [0, 0.05) is 39.5 Å². The van der Waals surface area contributed by atoms with Crippen LogP contribution < -0.4 is 14.8 Å². The van der Waals surface area contributed by atoms with Crippen molar-refractivity contribution in [3.63, 3.8) is 0 Å². The van der Waals surface area contributed by atoms with Crippen LogP contribution in [0.4, 0.5) is 0 Å². The van der Waals surface area contributed by atoms with Crippen molar-refractivity contribution in [2.75, 3.05) is 34.9 Å². The van der Waals surface area contributed by atoms with E-state index >= 15 is 0 Å². The van der Waals surface area contributed by atoms with Gasteiger partial charge in [-0.25, -0.2) is 0 Å². The van der Waals surface area contributed by atoms with Crippen LogP contribution >= 0.6 is 24.0 Å². The Labute approximate surface area is 190 Å². The van der Waals surface area contributed by atoms with Gasteiger partial charge in [0.2, 0.25) is 5.89 Å². The van der Waals surface area contributed by atoms with Gasteiger partial charge in [-0.3, -0.25) is 4.99 Å². The van der Waals surface area contributed by atoms with E-state index in [0.29, 0.717) is 25.4 Å². The number of ether oxygens (including phenoxy) is 2. The lowest BCUT2D eigenvalue weighted by Gasteiger charge is -2.23. The van der Waals surface area contributed by atoms with Crippen molar-refractivity contribution in [2.45, 2.75) is 39.7 Å². The molecule has 0 aliphatic carbocycles. The van der Waals surface area contributed by atoms with Crippen molar-refractivity contribution in [3.05, 3.63) is 35.0 Å². The van der Waals surface area contributed by atoms with E-state index in [1.54, 1.807) is 21.3 Å². The number of aromatic nitrogens is 2. The molecule has 9 heteroatoms. The van der Waals surface area contributed by atoms with Gasteiger partial charge in [-0.15, -0.1) is 24.0 Å². The highest BCUT2D eigenvalue weighted by atomic mass is 127. The van der Waals surface area contributed by atoms with Gasteiger partial charge in [0.15, 0.2) is 23.3 Å². The van der Waals surface area contributed by atoms with Gasteiger partial charge in [0.25, 0.3) is 0 Å². The minimum atomic E-state index is 0. The van der Waals surface area contributed by atoms with Crippen LogP contribution in [0, 0.1) is 6.92 Å². The summed E-state index contributed by atoms with van der Waals surface area (Å²) in [6.07, 6.45) is 0.641. The van der Waals surface area contributed by atoms with E-state index in [2.05, 4.69) is 32.3 Å². The largest absolute Gasteiger partial charge is 0.493 e. The summed E-state index contributed by atoms with van der Waals surface area (Å²) < 4.78 is 16.1. The molecular weight excluding hydrogens is 485 g/mol. The Balaban J connectivity index is 0.00000420. The van der Waals surface area contributed by atoms with Crippen molar-refractivity contribution in [2.24, 2.45) is 4.99 Å². The molecule has 0 aliphatic rings. The standard InChI is InChI=1S/C20H31N5O3.HI/c1-13(2)19-23-18(28-24-19)8-9-22-20(21-4)25(5)12-15-11-17(27-7)16(26-6)10-14(15)3;/h10-11,13H,8-9,12H2,1-7H3,(H,21,22);1H. The van der Waals surface area contributed by atoms with Crippen molar-refractivity contribution in [3.8, 4) is 11.5 Å². The number of benzene rings is 1. The van der Waals surface area contributed by atoms with Crippen molar-refractivity contribution in [1.82, 2.24) is 20.4 Å². The van der Waals surface area contributed by atoms with E-state index in [4.69, 9.17) is 14.0 Å². The third kappa shape index (κ3) is 6.76. The molecule has 0 aliphatic heterocycles. The molecular formula is C20H32IN5O3. The Hall–Kier alpha value is -2.04. The number of hydrogen-bond acceptors (Lipinski definition) is 6. The van der Waals surface area contributed by atoms with Gasteiger partial charge in [-0.05, 0) is 30.2 Å². The average Bonchev–Trinajstić information content (AvgIpc) is 3.15. The number of hydrogen-bond donors (Lipinski definition) is 1. The van der Waals surface area contributed by atoms with E-state index in [1.807, 2.05) is 33.0 Å². The van der Waals surface area contributed by atoms with Crippen LogP contribution in [0.2, 0.25) is 0 Å². The fraction of sp³-hybridized carbons (Fsp3) is 0.550. The van der Waals surface area contributed by atoms with E-state index < -0.39 is 0 Å². The maximum Gasteiger partial charge on any atom is 0.228 e. The van der Waals surface area contributed by atoms with Gasteiger partial charge in [0.1, 0.15) is 0 Å². The van der Waals surface area contributed by atoms with Crippen LogP contribution in [-0.4, -0.2) is 55.9 Å². The molecule has 162 valence electrons. The molecule has 0 saturated carbocycles. The second-order valence-corrected chi connectivity index (χ2v) is 6.91. The predicted octanol–water partition coefficient (Wildman–Crippen LogP) is 3.39. The molecule has 0 fully saturated rings. The van der Waals surface area contributed by atoms with Crippen LogP contribution in [-0.2, 0) is 13.0 Å². The Morgan fingerprint density at radius 3 is 2.45 bits per heavy atom. The minimum absolute atomic E-state index is 0. The summed E-state index contributed by atoms with van der Waals surface area (Å²) >= 11 is 0. The first-order valence-corrected chi connectivity index (χ1v) is 9.35. The highest BCUT2D eigenvalue weighted by Crippen LogP contribution is 2.30. The number of rotatable bonds is 8. The van der Waals surface area contributed by atoms with Crippen molar-refractivity contribution >= 4 is 29.9 Å². The molecule has 0 unspecified atom stereocenters. The summed E-state index contributed by atoms with van der Waals surface area (Å²) in [5.41, 5.74) is 2.27. The third-order valence-electron chi connectivity index (χ3n) is 4.45. The summed E-state index contributed by atoms with van der Waals surface area (Å²) in [5, 5.41) is 7.33. The maximum atomic E-state index is 5.42. The van der Waals surface area contributed by atoms with Gasteiger partial charge < -0.3 is 24.2 Å². The molecule has 8 nitrogen and oxygen atoms in total. The normalized spacial score (nSPS) is 11.2. The number of methoxy groups -OCH3 is 2. The van der Waals surface area contributed by atoms with Crippen LogP contribution in [0.15, 0.2) is 21.6 Å². The van der Waals surface area contributed by atoms with E-state index in [0.717, 1.165) is 34.4 Å². The first kappa shape index (κ1) is 25.0. The lowest BCUT2D eigenvalue weighted by Crippen LogP contribution is -2.39. The first-order chi connectivity index (χ1) is 13.4. The smallest absolute Gasteiger partial charge is 0.228 e.